The molecule has 0 aliphatic rings. The van der Waals surface area contributed by atoms with Crippen LogP contribution in [0.3, 0.4) is 0 Å². The highest BCUT2D eigenvalue weighted by Gasteiger charge is 2.19. The number of hydrogen-bond donors (Lipinski definition) is 0. The fourth-order valence-electron chi connectivity index (χ4n) is 1.74. The normalized spacial score (nSPS) is 10.3. The number of nitrogens with zero attached hydrogens (tertiary/aromatic N) is 1. The largest absolute Gasteiger partial charge is 0.496 e. The van der Waals surface area contributed by atoms with Crippen molar-refractivity contribution in [3.8, 4) is 16.2 Å². The first-order valence-corrected chi connectivity index (χ1v) is 7.07. The quantitative estimate of drug-likeness (QED) is 0.799. The van der Waals surface area contributed by atoms with Gasteiger partial charge in [-0.1, -0.05) is 0 Å². The van der Waals surface area contributed by atoms with E-state index in [1.165, 1.54) is 18.4 Å². The van der Waals surface area contributed by atoms with Crippen molar-refractivity contribution in [3.05, 3.63) is 33.4 Å². The topological polar surface area (TPSA) is 48.4 Å². The molecule has 0 unspecified atom stereocenters. The van der Waals surface area contributed by atoms with E-state index in [4.69, 9.17) is 9.47 Å². The molecular formula is C13H12BrNO3S. The van der Waals surface area contributed by atoms with Gasteiger partial charge in [0.25, 0.3) is 0 Å². The molecule has 0 atom stereocenters. The van der Waals surface area contributed by atoms with Crippen LogP contribution in [-0.4, -0.2) is 25.2 Å². The number of hydrogen-bond acceptors (Lipinski definition) is 5. The number of carbonyl (C=O) groups excluding carboxylic acids is 1. The number of aromatic nitrogens is 1. The van der Waals surface area contributed by atoms with E-state index in [1.54, 1.807) is 7.11 Å². The van der Waals surface area contributed by atoms with E-state index in [0.29, 0.717) is 9.61 Å². The number of methoxy groups -OCH3 is 2. The standard InChI is InChI=1S/C13H12BrNO3S/c1-7-6-8(4-5-9(7)17-2)11-10(12(16)18-3)15-13(14)19-11/h4-6H,1-3H3. The second-order valence-electron chi connectivity index (χ2n) is 3.82. The molecular weight excluding hydrogens is 330 g/mol. The van der Waals surface area contributed by atoms with Gasteiger partial charge in [-0.3, -0.25) is 0 Å². The van der Waals surface area contributed by atoms with Gasteiger partial charge in [-0.05, 0) is 52.2 Å². The van der Waals surface area contributed by atoms with Gasteiger partial charge in [0, 0.05) is 0 Å². The summed E-state index contributed by atoms with van der Waals surface area (Å²) in [4.78, 5) is 16.6. The zero-order chi connectivity index (χ0) is 14.0. The van der Waals surface area contributed by atoms with Gasteiger partial charge in [0.15, 0.2) is 9.61 Å². The number of esters is 1. The zero-order valence-electron chi connectivity index (χ0n) is 10.7. The second-order valence-corrected chi connectivity index (χ2v) is 6.10. The molecule has 2 rings (SSSR count). The zero-order valence-corrected chi connectivity index (χ0v) is 13.1. The number of aryl methyl sites for hydroxylation is 1. The first-order valence-electron chi connectivity index (χ1n) is 5.46. The Morgan fingerprint density at radius 1 is 1.37 bits per heavy atom. The first-order chi connectivity index (χ1) is 9.06. The second kappa shape index (κ2) is 5.71. The average molecular weight is 342 g/mol. The number of carbonyl (C=O) groups is 1. The van der Waals surface area contributed by atoms with Crippen molar-refractivity contribution in [1.82, 2.24) is 4.98 Å². The van der Waals surface area contributed by atoms with Gasteiger partial charge < -0.3 is 9.47 Å². The molecule has 1 aromatic carbocycles. The van der Waals surface area contributed by atoms with Crippen LogP contribution in [0.5, 0.6) is 5.75 Å². The lowest BCUT2D eigenvalue weighted by molar-refractivity contribution is 0.0595. The smallest absolute Gasteiger partial charge is 0.358 e. The molecule has 19 heavy (non-hydrogen) atoms. The minimum Gasteiger partial charge on any atom is -0.496 e. The molecule has 4 nitrogen and oxygen atoms in total. The van der Waals surface area contributed by atoms with Crippen molar-refractivity contribution >= 4 is 33.2 Å². The van der Waals surface area contributed by atoms with Crippen LogP contribution in [0.4, 0.5) is 0 Å². The highest BCUT2D eigenvalue weighted by atomic mass is 79.9. The van der Waals surface area contributed by atoms with Crippen LogP contribution in [0.2, 0.25) is 0 Å². The average Bonchev–Trinajstić information content (AvgIpc) is 2.79. The van der Waals surface area contributed by atoms with Crippen LogP contribution in [0.1, 0.15) is 16.1 Å². The summed E-state index contributed by atoms with van der Waals surface area (Å²) in [6, 6.07) is 5.74. The number of benzene rings is 1. The fraction of sp³-hybridized carbons (Fsp3) is 0.231. The third kappa shape index (κ3) is 2.79. The Bertz CT molecular complexity index is 624. The van der Waals surface area contributed by atoms with Crippen molar-refractivity contribution in [2.75, 3.05) is 14.2 Å². The molecule has 0 saturated carbocycles. The highest BCUT2D eigenvalue weighted by molar-refractivity contribution is 9.11. The molecule has 6 heteroatoms. The number of rotatable bonds is 3. The van der Waals surface area contributed by atoms with E-state index >= 15 is 0 Å². The molecule has 2 aromatic rings. The van der Waals surface area contributed by atoms with E-state index in [0.717, 1.165) is 21.8 Å². The molecule has 0 fully saturated rings. The monoisotopic (exact) mass is 341 g/mol. The third-order valence-electron chi connectivity index (χ3n) is 2.64. The minimum atomic E-state index is -0.439. The Morgan fingerprint density at radius 2 is 2.11 bits per heavy atom. The van der Waals surface area contributed by atoms with Gasteiger partial charge in [-0.15, -0.1) is 11.3 Å². The molecule has 0 aliphatic carbocycles. The predicted molar refractivity (Wildman–Crippen MR) is 77.9 cm³/mol. The molecule has 0 spiro atoms. The van der Waals surface area contributed by atoms with Gasteiger partial charge in [-0.2, -0.15) is 0 Å². The summed E-state index contributed by atoms with van der Waals surface area (Å²) in [5.74, 6) is 0.373. The first kappa shape index (κ1) is 14.0. The van der Waals surface area contributed by atoms with Crippen LogP contribution in [0.15, 0.2) is 22.1 Å². The van der Waals surface area contributed by atoms with Crippen LogP contribution >= 0.6 is 27.3 Å². The summed E-state index contributed by atoms with van der Waals surface area (Å²) < 4.78 is 10.6. The molecule has 0 saturated heterocycles. The van der Waals surface area contributed by atoms with Crippen molar-refractivity contribution < 1.29 is 14.3 Å². The minimum absolute atomic E-state index is 0.323. The van der Waals surface area contributed by atoms with Crippen molar-refractivity contribution in [3.63, 3.8) is 0 Å². The van der Waals surface area contributed by atoms with Gasteiger partial charge in [-0.25, -0.2) is 9.78 Å². The van der Waals surface area contributed by atoms with Gasteiger partial charge >= 0.3 is 5.97 Å². The van der Waals surface area contributed by atoms with Gasteiger partial charge in [0.1, 0.15) is 5.75 Å². The highest BCUT2D eigenvalue weighted by Crippen LogP contribution is 2.35. The SMILES string of the molecule is COC(=O)c1nc(Br)sc1-c1ccc(OC)c(C)c1. The van der Waals surface area contributed by atoms with Gasteiger partial charge in [0.2, 0.25) is 0 Å². The summed E-state index contributed by atoms with van der Waals surface area (Å²) in [5, 5.41) is 0. The Labute approximate surface area is 123 Å². The van der Waals surface area contributed by atoms with E-state index < -0.39 is 5.97 Å². The summed E-state index contributed by atoms with van der Waals surface area (Å²) >= 11 is 4.70. The lowest BCUT2D eigenvalue weighted by Crippen LogP contribution is -2.03. The van der Waals surface area contributed by atoms with E-state index in [9.17, 15) is 4.79 Å². The maximum absolute atomic E-state index is 11.7. The van der Waals surface area contributed by atoms with E-state index in [-0.39, 0.29) is 0 Å². The molecule has 1 heterocycles. The van der Waals surface area contributed by atoms with Crippen molar-refractivity contribution in [2.45, 2.75) is 6.92 Å². The van der Waals surface area contributed by atoms with Crippen LogP contribution < -0.4 is 4.74 Å². The van der Waals surface area contributed by atoms with Gasteiger partial charge in [0.05, 0.1) is 19.1 Å². The maximum atomic E-state index is 11.7. The molecule has 100 valence electrons. The summed E-state index contributed by atoms with van der Waals surface area (Å²) in [7, 11) is 2.98. The molecule has 0 radical (unpaired) electrons. The Balaban J connectivity index is 2.52. The maximum Gasteiger partial charge on any atom is 0.358 e. The molecule has 0 bridgehead atoms. The Morgan fingerprint density at radius 3 is 2.68 bits per heavy atom. The Kier molecular flexibility index (Phi) is 4.21. The molecule has 0 amide bonds. The van der Waals surface area contributed by atoms with Crippen LogP contribution in [0, 0.1) is 6.92 Å². The lowest BCUT2D eigenvalue weighted by atomic mass is 10.1. The summed E-state index contributed by atoms with van der Waals surface area (Å²) in [6.45, 7) is 1.95. The molecule has 1 aromatic heterocycles. The number of ether oxygens (including phenoxy) is 2. The Hall–Kier alpha value is -1.40. The summed E-state index contributed by atoms with van der Waals surface area (Å²) in [6.07, 6.45) is 0. The van der Waals surface area contributed by atoms with E-state index in [1.807, 2.05) is 25.1 Å². The fourth-order valence-corrected chi connectivity index (χ4v) is 3.18. The van der Waals surface area contributed by atoms with E-state index in [2.05, 4.69) is 20.9 Å². The lowest BCUT2D eigenvalue weighted by Gasteiger charge is -2.07. The third-order valence-corrected chi connectivity index (χ3v) is 4.19. The van der Waals surface area contributed by atoms with Crippen LogP contribution in [-0.2, 0) is 4.74 Å². The molecule has 0 N–H and O–H groups in total. The number of thiazole rings is 1. The predicted octanol–water partition coefficient (Wildman–Crippen LogP) is 3.68. The molecule has 0 aliphatic heterocycles. The van der Waals surface area contributed by atoms with Crippen molar-refractivity contribution in [2.24, 2.45) is 0 Å². The van der Waals surface area contributed by atoms with Crippen molar-refractivity contribution in [1.29, 1.82) is 0 Å². The summed E-state index contributed by atoms with van der Waals surface area (Å²) in [5.41, 5.74) is 2.24. The van der Waals surface area contributed by atoms with Crippen LogP contribution in [0.25, 0.3) is 10.4 Å². The number of halogens is 1.